The second-order valence-corrected chi connectivity index (χ2v) is 4.71. The fourth-order valence-corrected chi connectivity index (χ4v) is 2.25. The summed E-state index contributed by atoms with van der Waals surface area (Å²) in [6.45, 7) is 1.73. The number of fused-ring (bicyclic) bond motifs is 3. The van der Waals surface area contributed by atoms with Gasteiger partial charge in [-0.1, -0.05) is 0 Å². The van der Waals surface area contributed by atoms with E-state index in [1.54, 1.807) is 18.3 Å². The normalized spacial score (nSPS) is 11.9. The lowest BCUT2D eigenvalue weighted by Crippen LogP contribution is -2.11. The first-order chi connectivity index (χ1) is 10.0. The monoisotopic (exact) mass is 284 g/mol. The largest absolute Gasteiger partial charge is 0.488 e. The van der Waals surface area contributed by atoms with Crippen molar-refractivity contribution in [1.29, 1.82) is 0 Å². The van der Waals surface area contributed by atoms with E-state index >= 15 is 0 Å². The highest BCUT2D eigenvalue weighted by Crippen LogP contribution is 2.38. The molecule has 6 nitrogen and oxygen atoms in total. The maximum Gasteiger partial charge on any atom is 0.335 e. The van der Waals surface area contributed by atoms with Gasteiger partial charge in [0.05, 0.1) is 5.56 Å². The van der Waals surface area contributed by atoms with Crippen molar-refractivity contribution < 1.29 is 19.4 Å². The van der Waals surface area contributed by atoms with Gasteiger partial charge in [-0.05, 0) is 29.8 Å². The van der Waals surface area contributed by atoms with Gasteiger partial charge < -0.3 is 15.2 Å². The molecular formula is C15H12N2O4. The molecule has 21 heavy (non-hydrogen) atoms. The molecule has 0 saturated carbocycles. The van der Waals surface area contributed by atoms with E-state index in [1.165, 1.54) is 19.1 Å². The zero-order valence-electron chi connectivity index (χ0n) is 11.2. The first-order valence-electron chi connectivity index (χ1n) is 6.31. The number of benzene rings is 1. The molecule has 0 unspecified atom stereocenters. The molecule has 106 valence electrons. The number of carbonyl (C=O) groups excluding carboxylic acids is 1. The summed E-state index contributed by atoms with van der Waals surface area (Å²) < 4.78 is 5.57. The quantitative estimate of drug-likeness (QED) is 0.883. The van der Waals surface area contributed by atoms with E-state index in [1.807, 2.05) is 0 Å². The number of hydrogen-bond donors (Lipinski definition) is 2. The zero-order valence-corrected chi connectivity index (χ0v) is 11.2. The minimum Gasteiger partial charge on any atom is -0.488 e. The minimum absolute atomic E-state index is 0.174. The summed E-state index contributed by atoms with van der Waals surface area (Å²) in [6.07, 6.45) is 1.65. The van der Waals surface area contributed by atoms with Crippen LogP contribution < -0.4 is 10.1 Å². The number of nitrogens with zero attached hydrogens (tertiary/aromatic N) is 1. The lowest BCUT2D eigenvalue weighted by molar-refractivity contribution is -0.114. The van der Waals surface area contributed by atoms with Crippen molar-refractivity contribution in [3.05, 3.63) is 41.6 Å². The number of rotatable bonds is 2. The molecule has 0 saturated heterocycles. The number of carboxylic acids is 1. The number of nitrogens with one attached hydrogen (secondary N) is 1. The molecule has 1 amide bonds. The Kier molecular flexibility index (Phi) is 3.06. The predicted octanol–water partition coefficient (Wildman–Crippen LogP) is 2.30. The Bertz CT molecular complexity index is 755. The molecule has 2 aromatic rings. The van der Waals surface area contributed by atoms with Crippen LogP contribution in [0.5, 0.6) is 5.75 Å². The smallest absolute Gasteiger partial charge is 0.335 e. The maximum atomic E-state index is 11.1. The van der Waals surface area contributed by atoms with Crippen LogP contribution >= 0.6 is 0 Å². The van der Waals surface area contributed by atoms with Gasteiger partial charge in [0.15, 0.2) is 0 Å². The van der Waals surface area contributed by atoms with Gasteiger partial charge in [0.1, 0.15) is 18.2 Å². The van der Waals surface area contributed by atoms with E-state index in [-0.39, 0.29) is 11.5 Å². The van der Waals surface area contributed by atoms with Crippen molar-refractivity contribution in [2.75, 3.05) is 5.32 Å². The van der Waals surface area contributed by atoms with Gasteiger partial charge in [-0.15, -0.1) is 0 Å². The molecule has 3 rings (SSSR count). The molecule has 1 aromatic carbocycles. The second kappa shape index (κ2) is 4.90. The van der Waals surface area contributed by atoms with Crippen molar-refractivity contribution in [3.63, 3.8) is 0 Å². The third-order valence-electron chi connectivity index (χ3n) is 3.19. The Morgan fingerprint density at radius 2 is 2.10 bits per heavy atom. The molecule has 1 aromatic heterocycles. The number of anilines is 1. The van der Waals surface area contributed by atoms with Crippen LogP contribution in [0.3, 0.4) is 0 Å². The summed E-state index contributed by atoms with van der Waals surface area (Å²) in [5.41, 5.74) is 2.73. The van der Waals surface area contributed by atoms with E-state index < -0.39 is 5.97 Å². The summed E-state index contributed by atoms with van der Waals surface area (Å²) in [4.78, 5) is 26.2. The van der Waals surface area contributed by atoms with Gasteiger partial charge in [-0.3, -0.25) is 4.79 Å². The van der Waals surface area contributed by atoms with E-state index in [4.69, 9.17) is 9.84 Å². The number of pyridine rings is 1. The van der Waals surface area contributed by atoms with Crippen LogP contribution in [0, 0.1) is 0 Å². The van der Waals surface area contributed by atoms with Crippen LogP contribution in [0.2, 0.25) is 0 Å². The summed E-state index contributed by atoms with van der Waals surface area (Å²) in [5, 5.41) is 11.6. The third kappa shape index (κ3) is 2.43. The minimum atomic E-state index is -0.999. The number of carbonyl (C=O) groups is 2. The van der Waals surface area contributed by atoms with Gasteiger partial charge >= 0.3 is 5.97 Å². The van der Waals surface area contributed by atoms with Crippen LogP contribution in [0.25, 0.3) is 11.1 Å². The highest BCUT2D eigenvalue weighted by atomic mass is 16.5. The van der Waals surface area contributed by atoms with Gasteiger partial charge in [-0.2, -0.15) is 0 Å². The molecule has 1 aliphatic heterocycles. The summed E-state index contributed by atoms with van der Waals surface area (Å²) in [6, 6.07) is 6.49. The van der Waals surface area contributed by atoms with E-state index in [9.17, 15) is 9.59 Å². The van der Waals surface area contributed by atoms with Crippen LogP contribution in [0.4, 0.5) is 5.82 Å². The molecule has 6 heteroatoms. The number of amides is 1. The van der Waals surface area contributed by atoms with E-state index in [0.29, 0.717) is 18.2 Å². The highest BCUT2D eigenvalue weighted by Gasteiger charge is 2.20. The molecule has 0 bridgehead atoms. The molecule has 0 radical (unpaired) electrons. The zero-order chi connectivity index (χ0) is 15.0. The number of aromatic carboxylic acids is 1. The highest BCUT2D eigenvalue weighted by molar-refractivity contribution is 5.91. The second-order valence-electron chi connectivity index (χ2n) is 4.71. The average Bonchev–Trinajstić information content (AvgIpc) is 2.45. The molecule has 0 fully saturated rings. The Labute approximate surface area is 120 Å². The molecule has 0 spiro atoms. The Morgan fingerprint density at radius 3 is 2.81 bits per heavy atom. The van der Waals surface area contributed by atoms with Gasteiger partial charge in [0.25, 0.3) is 0 Å². The van der Waals surface area contributed by atoms with Crippen molar-refractivity contribution in [3.8, 4) is 16.9 Å². The topological polar surface area (TPSA) is 88.5 Å². The van der Waals surface area contributed by atoms with Crippen molar-refractivity contribution in [1.82, 2.24) is 4.98 Å². The van der Waals surface area contributed by atoms with Gasteiger partial charge in [-0.25, -0.2) is 9.78 Å². The van der Waals surface area contributed by atoms with Crippen LogP contribution in [0.1, 0.15) is 22.8 Å². The summed E-state index contributed by atoms with van der Waals surface area (Å²) in [5.74, 6) is -0.226. The Morgan fingerprint density at radius 1 is 1.29 bits per heavy atom. The maximum absolute atomic E-state index is 11.1. The Balaban J connectivity index is 2.08. The lowest BCUT2D eigenvalue weighted by atomic mass is 9.97. The number of carboxylic acid groups (broad SMARTS) is 1. The molecular weight excluding hydrogens is 272 g/mol. The molecule has 2 N–H and O–H groups in total. The molecule has 1 aliphatic rings. The standard InChI is InChI=1S/C15H12N2O4/c1-8(18)17-14-5-12-10(6-16-14)7-21-13-4-9(15(19)20)2-3-11(12)13/h2-6H,7H2,1H3,(H,19,20)(H,16,17,18). The predicted molar refractivity (Wildman–Crippen MR) is 75.3 cm³/mol. The number of aromatic nitrogens is 1. The van der Waals surface area contributed by atoms with Crippen molar-refractivity contribution >= 4 is 17.7 Å². The molecule has 0 atom stereocenters. The average molecular weight is 284 g/mol. The third-order valence-corrected chi connectivity index (χ3v) is 3.19. The first kappa shape index (κ1) is 13.1. The number of hydrogen-bond acceptors (Lipinski definition) is 4. The number of ether oxygens (including phenoxy) is 1. The van der Waals surface area contributed by atoms with Crippen molar-refractivity contribution in [2.24, 2.45) is 0 Å². The summed E-state index contributed by atoms with van der Waals surface area (Å²) in [7, 11) is 0. The summed E-state index contributed by atoms with van der Waals surface area (Å²) >= 11 is 0. The van der Waals surface area contributed by atoms with E-state index in [0.717, 1.165) is 16.7 Å². The molecule has 2 heterocycles. The SMILES string of the molecule is CC(=O)Nc1cc2c(cn1)COc1cc(C(=O)O)ccc1-2. The lowest BCUT2D eigenvalue weighted by Gasteiger charge is -2.21. The first-order valence-corrected chi connectivity index (χ1v) is 6.31. The fraction of sp³-hybridized carbons (Fsp3) is 0.133. The van der Waals surface area contributed by atoms with Gasteiger partial charge in [0, 0.05) is 24.2 Å². The Hall–Kier alpha value is -2.89. The van der Waals surface area contributed by atoms with Crippen LogP contribution in [0.15, 0.2) is 30.5 Å². The van der Waals surface area contributed by atoms with Crippen LogP contribution in [-0.2, 0) is 11.4 Å². The van der Waals surface area contributed by atoms with Crippen molar-refractivity contribution in [2.45, 2.75) is 13.5 Å². The fourth-order valence-electron chi connectivity index (χ4n) is 2.25. The van der Waals surface area contributed by atoms with Crippen LogP contribution in [-0.4, -0.2) is 22.0 Å². The molecule has 0 aliphatic carbocycles. The van der Waals surface area contributed by atoms with E-state index in [2.05, 4.69) is 10.3 Å². The van der Waals surface area contributed by atoms with Gasteiger partial charge in [0.2, 0.25) is 5.91 Å².